The summed E-state index contributed by atoms with van der Waals surface area (Å²) >= 11 is 11.7. The van der Waals surface area contributed by atoms with Crippen molar-refractivity contribution in [1.29, 1.82) is 0 Å². The molecule has 0 spiro atoms. The van der Waals surface area contributed by atoms with Crippen LogP contribution in [0.25, 0.3) is 0 Å². The van der Waals surface area contributed by atoms with Gasteiger partial charge in [-0.15, -0.1) is 0 Å². The van der Waals surface area contributed by atoms with Crippen molar-refractivity contribution in [1.82, 2.24) is 0 Å². The quantitative estimate of drug-likeness (QED) is 0.844. The molecule has 0 aliphatic heterocycles. The topological polar surface area (TPSA) is 46.2 Å². The molecule has 1 rings (SSSR count). The first-order valence-corrected chi connectivity index (χ1v) is 5.08. The van der Waals surface area contributed by atoms with Crippen molar-refractivity contribution in [2.45, 2.75) is 18.9 Å². The van der Waals surface area contributed by atoms with Gasteiger partial charge in [-0.25, -0.2) is 0 Å². The van der Waals surface area contributed by atoms with E-state index < -0.39 is 5.54 Å². The van der Waals surface area contributed by atoms with E-state index in [4.69, 9.17) is 34.0 Å². The Labute approximate surface area is 93.6 Å². The first-order chi connectivity index (χ1) is 6.47. The molecule has 1 aromatic carbocycles. The molecule has 0 radical (unpaired) electrons. The fourth-order valence-electron chi connectivity index (χ4n) is 1.23. The Hall–Kier alpha value is -0.280. The Kier molecular flexibility index (Phi) is 3.78. The highest BCUT2D eigenvalue weighted by Gasteiger charge is 2.20. The van der Waals surface area contributed by atoms with E-state index in [9.17, 15) is 0 Å². The molecule has 0 saturated carbocycles. The molecule has 0 unspecified atom stereocenters. The second-order valence-corrected chi connectivity index (χ2v) is 4.33. The summed E-state index contributed by atoms with van der Waals surface area (Å²) in [4.78, 5) is 0. The molecule has 0 amide bonds. The van der Waals surface area contributed by atoms with E-state index in [1.165, 1.54) is 0 Å². The summed E-state index contributed by atoms with van der Waals surface area (Å²) in [6.07, 6.45) is 0.491. The molecule has 0 aliphatic rings. The van der Waals surface area contributed by atoms with Crippen LogP contribution in [0.3, 0.4) is 0 Å². The minimum Gasteiger partial charge on any atom is -0.396 e. The van der Waals surface area contributed by atoms with Crippen molar-refractivity contribution in [3.05, 3.63) is 33.8 Å². The predicted octanol–water partition coefficient (Wildman–Crippen LogP) is 2.55. The van der Waals surface area contributed by atoms with Crippen molar-refractivity contribution < 1.29 is 5.11 Å². The number of aliphatic hydroxyl groups is 1. The minimum absolute atomic E-state index is 0.0489. The lowest BCUT2D eigenvalue weighted by Gasteiger charge is -2.24. The predicted molar refractivity (Wildman–Crippen MR) is 59.7 cm³/mol. The Morgan fingerprint density at radius 1 is 1.36 bits per heavy atom. The Bertz CT molecular complexity index is 326. The maximum atomic E-state index is 8.85. The van der Waals surface area contributed by atoms with Crippen LogP contribution in [-0.2, 0) is 5.54 Å². The van der Waals surface area contributed by atoms with Crippen LogP contribution in [0, 0.1) is 0 Å². The molecular weight excluding hydrogens is 221 g/mol. The first-order valence-electron chi connectivity index (χ1n) is 4.32. The zero-order chi connectivity index (χ0) is 10.8. The number of benzene rings is 1. The highest BCUT2D eigenvalue weighted by atomic mass is 35.5. The molecule has 1 aromatic rings. The molecule has 0 saturated heterocycles. The lowest BCUT2D eigenvalue weighted by Crippen LogP contribution is -2.33. The summed E-state index contributed by atoms with van der Waals surface area (Å²) in [5, 5.41) is 9.84. The van der Waals surface area contributed by atoms with Crippen molar-refractivity contribution in [2.75, 3.05) is 6.61 Å². The fourth-order valence-corrected chi connectivity index (χ4v) is 1.53. The highest BCUT2D eigenvalue weighted by Crippen LogP contribution is 2.28. The molecule has 0 bridgehead atoms. The van der Waals surface area contributed by atoms with Gasteiger partial charge in [-0.1, -0.05) is 29.3 Å². The average Bonchev–Trinajstić information content (AvgIpc) is 2.09. The van der Waals surface area contributed by atoms with E-state index in [0.717, 1.165) is 5.56 Å². The van der Waals surface area contributed by atoms with Crippen LogP contribution >= 0.6 is 23.2 Å². The van der Waals surface area contributed by atoms with E-state index in [1.54, 1.807) is 12.1 Å². The van der Waals surface area contributed by atoms with Crippen LogP contribution in [0.1, 0.15) is 18.9 Å². The molecule has 1 atom stereocenters. The van der Waals surface area contributed by atoms with Crippen LogP contribution in [0.15, 0.2) is 18.2 Å². The summed E-state index contributed by atoms with van der Waals surface area (Å²) in [6.45, 7) is 1.90. The van der Waals surface area contributed by atoms with Crippen LogP contribution in [0.5, 0.6) is 0 Å². The maximum absolute atomic E-state index is 8.85. The zero-order valence-corrected chi connectivity index (χ0v) is 9.44. The highest BCUT2D eigenvalue weighted by molar-refractivity contribution is 6.42. The maximum Gasteiger partial charge on any atom is 0.0595 e. The summed E-state index contributed by atoms with van der Waals surface area (Å²) in [5.41, 5.74) is 6.32. The first kappa shape index (κ1) is 11.8. The summed E-state index contributed by atoms with van der Waals surface area (Å²) < 4.78 is 0. The van der Waals surface area contributed by atoms with Gasteiger partial charge < -0.3 is 10.8 Å². The summed E-state index contributed by atoms with van der Waals surface area (Å²) in [5.74, 6) is 0. The van der Waals surface area contributed by atoms with Gasteiger partial charge in [0.25, 0.3) is 0 Å². The summed E-state index contributed by atoms with van der Waals surface area (Å²) in [7, 11) is 0. The van der Waals surface area contributed by atoms with E-state index in [2.05, 4.69) is 0 Å². The molecule has 0 fully saturated rings. The van der Waals surface area contributed by atoms with Crippen LogP contribution in [0.2, 0.25) is 10.0 Å². The van der Waals surface area contributed by atoms with Crippen molar-refractivity contribution in [2.24, 2.45) is 5.73 Å². The molecule has 0 aliphatic carbocycles. The average molecular weight is 234 g/mol. The molecule has 3 N–H and O–H groups in total. The Morgan fingerprint density at radius 3 is 2.50 bits per heavy atom. The van der Waals surface area contributed by atoms with Gasteiger partial charge in [-0.05, 0) is 31.0 Å². The number of halogens is 2. The third kappa shape index (κ3) is 2.61. The summed E-state index contributed by atoms with van der Waals surface area (Å²) in [6, 6.07) is 5.27. The molecule has 14 heavy (non-hydrogen) atoms. The standard InChI is InChI=1S/C10H13Cl2NO/c1-10(13,4-5-14)7-2-3-8(11)9(12)6-7/h2-3,6,14H,4-5,13H2,1H3/t10-/m0/s1. The molecule has 0 aromatic heterocycles. The van der Waals surface area contributed by atoms with E-state index in [0.29, 0.717) is 16.5 Å². The van der Waals surface area contributed by atoms with Crippen molar-refractivity contribution in [3.63, 3.8) is 0 Å². The number of hydrogen-bond acceptors (Lipinski definition) is 2. The van der Waals surface area contributed by atoms with Crippen LogP contribution < -0.4 is 5.73 Å². The van der Waals surface area contributed by atoms with Crippen molar-refractivity contribution in [3.8, 4) is 0 Å². The second-order valence-electron chi connectivity index (χ2n) is 3.52. The number of nitrogens with two attached hydrogens (primary N) is 1. The monoisotopic (exact) mass is 233 g/mol. The van der Waals surface area contributed by atoms with Gasteiger partial charge in [0.2, 0.25) is 0 Å². The van der Waals surface area contributed by atoms with Crippen molar-refractivity contribution >= 4 is 23.2 Å². The third-order valence-electron chi connectivity index (χ3n) is 2.21. The number of aliphatic hydroxyl groups excluding tert-OH is 1. The fraction of sp³-hybridized carbons (Fsp3) is 0.400. The largest absolute Gasteiger partial charge is 0.396 e. The third-order valence-corrected chi connectivity index (χ3v) is 2.95. The van der Waals surface area contributed by atoms with Gasteiger partial charge in [-0.2, -0.15) is 0 Å². The second kappa shape index (κ2) is 4.49. The SMILES string of the molecule is C[C@](N)(CCO)c1ccc(Cl)c(Cl)c1. The molecular formula is C10H13Cl2NO. The van der Waals surface area contributed by atoms with E-state index in [-0.39, 0.29) is 6.61 Å². The van der Waals surface area contributed by atoms with Crippen LogP contribution in [0.4, 0.5) is 0 Å². The molecule has 0 heterocycles. The normalized spacial score (nSPS) is 15.2. The van der Waals surface area contributed by atoms with Gasteiger partial charge in [0.15, 0.2) is 0 Å². The van der Waals surface area contributed by atoms with E-state index >= 15 is 0 Å². The van der Waals surface area contributed by atoms with Gasteiger partial charge >= 0.3 is 0 Å². The lowest BCUT2D eigenvalue weighted by atomic mass is 9.90. The smallest absolute Gasteiger partial charge is 0.0595 e. The van der Waals surface area contributed by atoms with E-state index in [1.807, 2.05) is 13.0 Å². The molecule has 4 heteroatoms. The van der Waals surface area contributed by atoms with Gasteiger partial charge in [0.1, 0.15) is 0 Å². The number of rotatable bonds is 3. The zero-order valence-electron chi connectivity index (χ0n) is 7.93. The number of hydrogen-bond donors (Lipinski definition) is 2. The minimum atomic E-state index is -0.566. The van der Waals surface area contributed by atoms with Gasteiger partial charge in [0, 0.05) is 12.1 Å². The van der Waals surface area contributed by atoms with Gasteiger partial charge in [0.05, 0.1) is 10.0 Å². The van der Waals surface area contributed by atoms with Gasteiger partial charge in [-0.3, -0.25) is 0 Å². The van der Waals surface area contributed by atoms with Crippen LogP contribution in [-0.4, -0.2) is 11.7 Å². The molecule has 78 valence electrons. The molecule has 2 nitrogen and oxygen atoms in total. The Balaban J connectivity index is 3.01. The lowest BCUT2D eigenvalue weighted by molar-refractivity contribution is 0.247. The Morgan fingerprint density at radius 2 is 2.00 bits per heavy atom.